The Morgan fingerprint density at radius 2 is 2.31 bits per heavy atom. The van der Waals surface area contributed by atoms with Gasteiger partial charge in [-0.3, -0.25) is 0 Å². The number of aromatic nitrogens is 2. The van der Waals surface area contributed by atoms with E-state index in [2.05, 4.69) is 20.0 Å². The van der Waals surface area contributed by atoms with Gasteiger partial charge in [0.25, 0.3) is 0 Å². The molecule has 0 aliphatic carbocycles. The van der Waals surface area contributed by atoms with Crippen LogP contribution < -0.4 is 11.1 Å². The zero-order valence-corrected chi connectivity index (χ0v) is 9.65. The van der Waals surface area contributed by atoms with Gasteiger partial charge in [-0.25, -0.2) is 14.8 Å². The van der Waals surface area contributed by atoms with Crippen LogP contribution in [-0.4, -0.2) is 35.6 Å². The van der Waals surface area contributed by atoms with Crippen molar-refractivity contribution in [3.8, 4) is 0 Å². The number of carbonyl (C=O) groups excluding carboxylic acids is 1. The minimum absolute atomic E-state index is 0.0502. The smallest absolute Gasteiger partial charge is 0.376 e. The first kappa shape index (κ1) is 12.4. The topological polar surface area (TPSA) is 90.1 Å². The Morgan fingerprint density at radius 3 is 2.88 bits per heavy atom. The molecule has 1 heterocycles. The Hall–Kier alpha value is -1.69. The van der Waals surface area contributed by atoms with Crippen LogP contribution in [0.25, 0.3) is 0 Å². The second kappa shape index (κ2) is 5.41. The van der Waals surface area contributed by atoms with E-state index in [0.717, 1.165) is 0 Å². The molecule has 1 rings (SSSR count). The van der Waals surface area contributed by atoms with Gasteiger partial charge in [0.15, 0.2) is 0 Å². The molecule has 0 aliphatic rings. The molecule has 1 atom stereocenters. The van der Waals surface area contributed by atoms with E-state index >= 15 is 0 Å². The minimum atomic E-state index is -0.549. The van der Waals surface area contributed by atoms with Crippen molar-refractivity contribution in [2.24, 2.45) is 5.73 Å². The number of ether oxygens (including phenoxy) is 1. The van der Waals surface area contributed by atoms with Crippen LogP contribution >= 0.6 is 0 Å². The number of esters is 1. The quantitative estimate of drug-likeness (QED) is 0.716. The van der Waals surface area contributed by atoms with E-state index in [1.807, 2.05) is 6.92 Å². The monoisotopic (exact) mass is 224 g/mol. The highest BCUT2D eigenvalue weighted by Crippen LogP contribution is 2.08. The highest BCUT2D eigenvalue weighted by Gasteiger charge is 2.12. The lowest BCUT2D eigenvalue weighted by atomic mass is 10.3. The van der Waals surface area contributed by atoms with Gasteiger partial charge in [-0.05, 0) is 13.8 Å². The van der Waals surface area contributed by atoms with Crippen LogP contribution in [0.2, 0.25) is 0 Å². The van der Waals surface area contributed by atoms with Gasteiger partial charge in [0.2, 0.25) is 5.82 Å². The Labute approximate surface area is 94.2 Å². The van der Waals surface area contributed by atoms with E-state index in [-0.39, 0.29) is 11.9 Å². The predicted molar refractivity (Wildman–Crippen MR) is 60.2 cm³/mol. The molecular weight excluding hydrogens is 208 g/mol. The number of nitrogens with zero attached hydrogens (tertiary/aromatic N) is 2. The zero-order chi connectivity index (χ0) is 12.1. The van der Waals surface area contributed by atoms with Crippen molar-refractivity contribution in [2.75, 3.05) is 19.0 Å². The van der Waals surface area contributed by atoms with Crippen molar-refractivity contribution in [1.29, 1.82) is 0 Å². The summed E-state index contributed by atoms with van der Waals surface area (Å²) in [4.78, 5) is 19.3. The standard InChI is InChI=1S/C10H16N4O2/c1-6-4-8(12-7(2)5-11)14-9(13-6)10(15)16-3/h4,7H,5,11H2,1-3H3,(H,12,13,14). The molecule has 0 bridgehead atoms. The summed E-state index contributed by atoms with van der Waals surface area (Å²) in [5.74, 6) is 0.0761. The average molecular weight is 224 g/mol. The first-order valence-corrected chi connectivity index (χ1v) is 4.97. The van der Waals surface area contributed by atoms with Crippen LogP contribution in [-0.2, 0) is 4.74 Å². The van der Waals surface area contributed by atoms with Crippen molar-refractivity contribution in [3.05, 3.63) is 17.6 Å². The third-order valence-corrected chi connectivity index (χ3v) is 1.97. The van der Waals surface area contributed by atoms with Gasteiger partial charge < -0.3 is 15.8 Å². The van der Waals surface area contributed by atoms with Crippen LogP contribution in [0.3, 0.4) is 0 Å². The van der Waals surface area contributed by atoms with Crippen LogP contribution in [0.1, 0.15) is 23.2 Å². The summed E-state index contributed by atoms with van der Waals surface area (Å²) in [5.41, 5.74) is 6.18. The van der Waals surface area contributed by atoms with Gasteiger partial charge in [0, 0.05) is 24.3 Å². The van der Waals surface area contributed by atoms with Crippen LogP contribution in [0.4, 0.5) is 5.82 Å². The molecular formula is C10H16N4O2. The molecule has 16 heavy (non-hydrogen) atoms. The predicted octanol–water partition coefficient (Wildman–Crippen LogP) is 0.331. The Morgan fingerprint density at radius 1 is 1.62 bits per heavy atom. The number of hydrogen-bond acceptors (Lipinski definition) is 6. The second-order valence-electron chi connectivity index (χ2n) is 3.49. The molecule has 1 aromatic heterocycles. The summed E-state index contributed by atoms with van der Waals surface area (Å²) >= 11 is 0. The first-order chi connectivity index (χ1) is 7.56. The molecule has 3 N–H and O–H groups in total. The number of anilines is 1. The highest BCUT2D eigenvalue weighted by molar-refractivity contribution is 5.85. The molecule has 0 aromatic carbocycles. The number of aryl methyl sites for hydroxylation is 1. The fraction of sp³-hybridized carbons (Fsp3) is 0.500. The summed E-state index contributed by atoms with van der Waals surface area (Å²) in [6, 6.07) is 1.83. The molecule has 0 amide bonds. The maximum Gasteiger partial charge on any atom is 0.376 e. The van der Waals surface area contributed by atoms with Gasteiger partial charge in [0.05, 0.1) is 7.11 Å². The molecule has 6 nitrogen and oxygen atoms in total. The van der Waals surface area contributed by atoms with Crippen molar-refractivity contribution in [3.63, 3.8) is 0 Å². The molecule has 0 saturated heterocycles. The third kappa shape index (κ3) is 3.16. The molecule has 0 radical (unpaired) electrons. The molecule has 0 fully saturated rings. The summed E-state index contributed by atoms with van der Waals surface area (Å²) < 4.78 is 4.56. The van der Waals surface area contributed by atoms with Crippen LogP contribution in [0.5, 0.6) is 0 Å². The van der Waals surface area contributed by atoms with E-state index in [1.165, 1.54) is 7.11 Å². The second-order valence-corrected chi connectivity index (χ2v) is 3.49. The lowest BCUT2D eigenvalue weighted by Gasteiger charge is -2.12. The maximum absolute atomic E-state index is 11.3. The SMILES string of the molecule is COC(=O)c1nc(C)cc(NC(C)CN)n1. The molecule has 6 heteroatoms. The lowest BCUT2D eigenvalue weighted by Crippen LogP contribution is -2.26. The van der Waals surface area contributed by atoms with Gasteiger partial charge >= 0.3 is 5.97 Å². The molecule has 1 aromatic rings. The molecule has 88 valence electrons. The Balaban J connectivity index is 2.94. The zero-order valence-electron chi connectivity index (χ0n) is 9.65. The van der Waals surface area contributed by atoms with E-state index in [0.29, 0.717) is 18.1 Å². The van der Waals surface area contributed by atoms with E-state index < -0.39 is 5.97 Å². The number of hydrogen-bond donors (Lipinski definition) is 2. The van der Waals surface area contributed by atoms with Crippen LogP contribution in [0.15, 0.2) is 6.07 Å². The number of rotatable bonds is 4. The minimum Gasteiger partial charge on any atom is -0.463 e. The number of nitrogens with one attached hydrogen (secondary N) is 1. The van der Waals surface area contributed by atoms with Crippen LogP contribution in [0, 0.1) is 6.92 Å². The van der Waals surface area contributed by atoms with Gasteiger partial charge in [-0.1, -0.05) is 0 Å². The Bertz CT molecular complexity index is 381. The van der Waals surface area contributed by atoms with Gasteiger partial charge in [-0.15, -0.1) is 0 Å². The largest absolute Gasteiger partial charge is 0.463 e. The molecule has 0 aliphatic heterocycles. The number of methoxy groups -OCH3 is 1. The van der Waals surface area contributed by atoms with Crippen molar-refractivity contribution in [1.82, 2.24) is 9.97 Å². The summed E-state index contributed by atoms with van der Waals surface area (Å²) in [5, 5.41) is 3.07. The fourth-order valence-electron chi connectivity index (χ4n) is 1.14. The van der Waals surface area contributed by atoms with Crippen molar-refractivity contribution < 1.29 is 9.53 Å². The lowest BCUT2D eigenvalue weighted by molar-refractivity contribution is 0.0586. The van der Waals surface area contributed by atoms with E-state index in [4.69, 9.17) is 5.73 Å². The van der Waals surface area contributed by atoms with Crippen molar-refractivity contribution >= 4 is 11.8 Å². The summed E-state index contributed by atoms with van der Waals surface area (Å²) in [6.45, 7) is 4.19. The van der Waals surface area contributed by atoms with Gasteiger partial charge in [-0.2, -0.15) is 0 Å². The third-order valence-electron chi connectivity index (χ3n) is 1.97. The number of nitrogens with two attached hydrogens (primary N) is 1. The fourth-order valence-corrected chi connectivity index (χ4v) is 1.14. The Kier molecular flexibility index (Phi) is 4.19. The van der Waals surface area contributed by atoms with E-state index in [1.54, 1.807) is 13.0 Å². The van der Waals surface area contributed by atoms with Gasteiger partial charge in [0.1, 0.15) is 5.82 Å². The number of carbonyl (C=O) groups is 1. The highest BCUT2D eigenvalue weighted by atomic mass is 16.5. The van der Waals surface area contributed by atoms with Crippen molar-refractivity contribution in [2.45, 2.75) is 19.9 Å². The normalized spacial score (nSPS) is 12.0. The van der Waals surface area contributed by atoms with E-state index in [9.17, 15) is 4.79 Å². The summed E-state index contributed by atoms with van der Waals surface area (Å²) in [6.07, 6.45) is 0. The maximum atomic E-state index is 11.3. The first-order valence-electron chi connectivity index (χ1n) is 4.97. The summed E-state index contributed by atoms with van der Waals surface area (Å²) in [7, 11) is 1.30. The average Bonchev–Trinajstić information content (AvgIpc) is 2.27. The molecule has 0 spiro atoms. The molecule has 1 unspecified atom stereocenters. The molecule has 0 saturated carbocycles.